The van der Waals surface area contributed by atoms with Gasteiger partial charge in [0.2, 0.25) is 0 Å². The predicted octanol–water partition coefficient (Wildman–Crippen LogP) is 3.00. The van der Waals surface area contributed by atoms with E-state index in [0.29, 0.717) is 22.2 Å². The summed E-state index contributed by atoms with van der Waals surface area (Å²) in [5, 5.41) is 11.0. The monoisotopic (exact) mass is 493 g/mol. The predicted molar refractivity (Wildman–Crippen MR) is 126 cm³/mol. The molecule has 2 heterocycles. The number of para-hydroxylation sites is 1. The van der Waals surface area contributed by atoms with Gasteiger partial charge in [-0.05, 0) is 48.5 Å². The summed E-state index contributed by atoms with van der Waals surface area (Å²) in [5.41, 5.74) is 1.71. The van der Waals surface area contributed by atoms with Crippen molar-refractivity contribution < 1.29 is 23.5 Å². The molecular weight excluding hydrogens is 473 g/mol. The number of imide groups is 1. The zero-order chi connectivity index (χ0) is 24.8. The molecule has 0 radical (unpaired) electrons. The number of ether oxygens (including phenoxy) is 1. The second-order valence-electron chi connectivity index (χ2n) is 7.32. The Kier molecular flexibility index (Phi) is 7.36. The highest BCUT2D eigenvalue weighted by Gasteiger charge is 2.19. The Morgan fingerprint density at radius 2 is 1.74 bits per heavy atom. The molecule has 178 valence electrons. The average molecular weight is 494 g/mol. The van der Waals surface area contributed by atoms with Crippen LogP contribution in [-0.2, 0) is 21.4 Å². The molecule has 0 unspecified atom stereocenters. The Morgan fingerprint density at radius 1 is 1.00 bits per heavy atom. The maximum Gasteiger partial charge on any atom is 0.316 e. The van der Waals surface area contributed by atoms with E-state index in [1.807, 2.05) is 30.3 Å². The highest BCUT2D eigenvalue weighted by molar-refractivity contribution is 7.99. The van der Waals surface area contributed by atoms with E-state index in [0.717, 1.165) is 17.4 Å². The van der Waals surface area contributed by atoms with Crippen molar-refractivity contribution in [3.8, 4) is 17.1 Å². The lowest BCUT2D eigenvalue weighted by atomic mass is 10.2. The molecular formula is C24H20FN5O4S. The maximum absolute atomic E-state index is 13.4. The summed E-state index contributed by atoms with van der Waals surface area (Å²) in [6, 6.07) is 18.4. The molecule has 2 amide bonds. The average Bonchev–Trinajstić information content (AvgIpc) is 3.48. The molecule has 0 saturated carbocycles. The summed E-state index contributed by atoms with van der Waals surface area (Å²) in [6.45, 7) is -0.595. The van der Waals surface area contributed by atoms with Gasteiger partial charge in [-0.3, -0.25) is 24.3 Å². The van der Waals surface area contributed by atoms with Crippen LogP contribution in [0.1, 0.15) is 10.5 Å². The van der Waals surface area contributed by atoms with Gasteiger partial charge in [0.25, 0.3) is 11.8 Å². The van der Waals surface area contributed by atoms with Gasteiger partial charge in [-0.15, -0.1) is 10.2 Å². The zero-order valence-electron chi connectivity index (χ0n) is 18.6. The number of amides is 2. The van der Waals surface area contributed by atoms with Gasteiger partial charge in [-0.25, -0.2) is 4.39 Å². The van der Waals surface area contributed by atoms with Crippen molar-refractivity contribution in [3.05, 3.63) is 84.4 Å². The van der Waals surface area contributed by atoms with Crippen molar-refractivity contribution in [1.29, 1.82) is 0 Å². The number of benzene rings is 2. The standard InChI is InChI=1S/C24H20FN5O4S/c1-29-13-5-8-19(29)23(33)26-20(31)14-34-21(32)15-35-24-28-27-22(16-9-11-17(25)12-10-16)30(24)18-6-3-2-4-7-18/h2-13H,14-15H2,1H3,(H,26,31,33). The Bertz CT molecular complexity index is 1350. The van der Waals surface area contributed by atoms with Crippen molar-refractivity contribution in [2.45, 2.75) is 5.16 Å². The summed E-state index contributed by atoms with van der Waals surface area (Å²) in [6.07, 6.45) is 1.67. The Morgan fingerprint density at radius 3 is 2.43 bits per heavy atom. The fourth-order valence-corrected chi connectivity index (χ4v) is 3.94. The number of rotatable bonds is 8. The second-order valence-corrected chi connectivity index (χ2v) is 8.26. The van der Waals surface area contributed by atoms with E-state index in [1.165, 1.54) is 12.1 Å². The van der Waals surface area contributed by atoms with E-state index in [2.05, 4.69) is 15.5 Å². The number of hydrogen-bond donors (Lipinski definition) is 1. The van der Waals surface area contributed by atoms with Crippen LogP contribution in [0.5, 0.6) is 0 Å². The molecule has 11 heteroatoms. The molecule has 0 bridgehead atoms. The van der Waals surface area contributed by atoms with E-state index in [4.69, 9.17) is 4.74 Å². The van der Waals surface area contributed by atoms with E-state index in [-0.39, 0.29) is 11.6 Å². The number of hydrogen-bond acceptors (Lipinski definition) is 7. The number of thioether (sulfide) groups is 1. The minimum absolute atomic E-state index is 0.145. The maximum atomic E-state index is 13.4. The van der Waals surface area contributed by atoms with Gasteiger partial charge < -0.3 is 9.30 Å². The molecule has 35 heavy (non-hydrogen) atoms. The van der Waals surface area contributed by atoms with Gasteiger partial charge in [0.05, 0.1) is 5.75 Å². The summed E-state index contributed by atoms with van der Waals surface area (Å²) in [5.74, 6) is -2.02. The van der Waals surface area contributed by atoms with Crippen LogP contribution >= 0.6 is 11.8 Å². The van der Waals surface area contributed by atoms with Crippen LogP contribution in [0.15, 0.2) is 78.1 Å². The molecule has 2 aromatic heterocycles. The highest BCUT2D eigenvalue weighted by Crippen LogP contribution is 2.28. The number of halogens is 1. The van der Waals surface area contributed by atoms with Gasteiger partial charge in [0, 0.05) is 24.5 Å². The number of nitrogens with one attached hydrogen (secondary N) is 1. The van der Waals surface area contributed by atoms with Crippen LogP contribution in [0.3, 0.4) is 0 Å². The number of esters is 1. The SMILES string of the molecule is Cn1cccc1C(=O)NC(=O)COC(=O)CSc1nnc(-c2ccc(F)cc2)n1-c1ccccc1. The van der Waals surface area contributed by atoms with Crippen LogP contribution in [0.2, 0.25) is 0 Å². The molecule has 0 saturated heterocycles. The minimum atomic E-state index is -0.736. The summed E-state index contributed by atoms with van der Waals surface area (Å²) < 4.78 is 21.7. The number of nitrogens with zero attached hydrogens (tertiary/aromatic N) is 4. The molecule has 2 aromatic carbocycles. The fourth-order valence-electron chi connectivity index (χ4n) is 3.19. The first kappa shape index (κ1) is 23.9. The summed E-state index contributed by atoms with van der Waals surface area (Å²) in [7, 11) is 1.67. The Balaban J connectivity index is 1.39. The molecule has 9 nitrogen and oxygen atoms in total. The van der Waals surface area contributed by atoms with Crippen molar-refractivity contribution in [1.82, 2.24) is 24.6 Å². The lowest BCUT2D eigenvalue weighted by molar-refractivity contribution is -0.145. The van der Waals surface area contributed by atoms with Gasteiger partial charge in [0.15, 0.2) is 17.6 Å². The zero-order valence-corrected chi connectivity index (χ0v) is 19.4. The van der Waals surface area contributed by atoms with E-state index in [9.17, 15) is 18.8 Å². The number of aryl methyl sites for hydroxylation is 1. The first-order valence-electron chi connectivity index (χ1n) is 10.4. The van der Waals surface area contributed by atoms with Crippen LogP contribution < -0.4 is 5.32 Å². The topological polar surface area (TPSA) is 108 Å². The summed E-state index contributed by atoms with van der Waals surface area (Å²) >= 11 is 1.07. The van der Waals surface area contributed by atoms with E-state index in [1.54, 1.807) is 46.6 Å². The molecule has 0 atom stereocenters. The first-order valence-corrected chi connectivity index (χ1v) is 11.4. The van der Waals surface area contributed by atoms with Gasteiger partial charge in [0.1, 0.15) is 11.5 Å². The molecule has 4 aromatic rings. The van der Waals surface area contributed by atoms with Gasteiger partial charge in [-0.1, -0.05) is 30.0 Å². The number of carbonyl (C=O) groups excluding carboxylic acids is 3. The van der Waals surface area contributed by atoms with Crippen molar-refractivity contribution >= 4 is 29.5 Å². The smallest absolute Gasteiger partial charge is 0.316 e. The number of carbonyl (C=O) groups is 3. The number of aromatic nitrogens is 4. The highest BCUT2D eigenvalue weighted by atomic mass is 32.2. The molecule has 0 aliphatic carbocycles. The van der Waals surface area contributed by atoms with Gasteiger partial charge >= 0.3 is 5.97 Å². The van der Waals surface area contributed by atoms with Crippen molar-refractivity contribution in [2.24, 2.45) is 7.05 Å². The second kappa shape index (κ2) is 10.8. The largest absolute Gasteiger partial charge is 0.455 e. The molecule has 4 rings (SSSR count). The van der Waals surface area contributed by atoms with Crippen molar-refractivity contribution in [3.63, 3.8) is 0 Å². The lowest BCUT2D eigenvalue weighted by Gasteiger charge is -2.10. The quantitative estimate of drug-likeness (QED) is 0.297. The third-order valence-electron chi connectivity index (χ3n) is 4.86. The van der Waals surface area contributed by atoms with E-state index >= 15 is 0 Å². The molecule has 0 spiro atoms. The normalized spacial score (nSPS) is 10.7. The first-order chi connectivity index (χ1) is 16.9. The molecule has 0 fully saturated rings. The lowest BCUT2D eigenvalue weighted by Crippen LogP contribution is -2.35. The molecule has 0 aliphatic heterocycles. The van der Waals surface area contributed by atoms with Crippen LogP contribution in [-0.4, -0.2) is 49.5 Å². The fraction of sp³-hybridized carbons (Fsp3) is 0.125. The Hall–Kier alpha value is -4.25. The van der Waals surface area contributed by atoms with Crippen molar-refractivity contribution in [2.75, 3.05) is 12.4 Å². The van der Waals surface area contributed by atoms with E-state index < -0.39 is 24.4 Å². The third kappa shape index (κ3) is 5.82. The minimum Gasteiger partial charge on any atom is -0.455 e. The van der Waals surface area contributed by atoms with Crippen LogP contribution in [0.4, 0.5) is 4.39 Å². The third-order valence-corrected chi connectivity index (χ3v) is 5.77. The van der Waals surface area contributed by atoms with Crippen LogP contribution in [0.25, 0.3) is 17.1 Å². The molecule has 0 aliphatic rings. The molecule has 1 N–H and O–H groups in total. The van der Waals surface area contributed by atoms with Gasteiger partial charge in [-0.2, -0.15) is 0 Å². The summed E-state index contributed by atoms with van der Waals surface area (Å²) in [4.78, 5) is 36.3. The Labute approximate surface area is 203 Å². The van der Waals surface area contributed by atoms with Crippen LogP contribution in [0, 0.1) is 5.82 Å².